The first-order valence-corrected chi connectivity index (χ1v) is 5.71. The minimum atomic E-state index is -1.64. The van der Waals surface area contributed by atoms with Crippen molar-refractivity contribution in [1.82, 2.24) is 5.01 Å². The first-order valence-electron chi connectivity index (χ1n) is 5.71. The Kier molecular flexibility index (Phi) is 3.24. The van der Waals surface area contributed by atoms with Gasteiger partial charge in [-0.15, -0.1) is 5.01 Å². The largest absolute Gasteiger partial charge is 0.550 e. The van der Waals surface area contributed by atoms with Gasteiger partial charge in [0.05, 0.1) is 18.6 Å². The zero-order valence-electron chi connectivity index (χ0n) is 10.1. The van der Waals surface area contributed by atoms with E-state index >= 15 is 0 Å². The fourth-order valence-corrected chi connectivity index (χ4v) is 2.23. The van der Waals surface area contributed by atoms with Gasteiger partial charge in [0, 0.05) is 12.4 Å². The molecule has 4 amide bonds. The highest BCUT2D eigenvalue weighted by molar-refractivity contribution is 6.10. The fraction of sp³-hybridized carbons (Fsp3) is 0.364. The minimum absolute atomic E-state index is 0.332. The van der Waals surface area contributed by atoms with E-state index < -0.39 is 59.7 Å². The Hall–Kier alpha value is -2.39. The normalized spacial score (nSPS) is 24.9. The molecular weight excluding hydrogens is 272 g/mol. The number of hydrogen-bond acceptors (Lipinski definition) is 7. The highest BCUT2D eigenvalue weighted by Gasteiger charge is 2.60. The topological polar surface area (TPSA) is 132 Å². The summed E-state index contributed by atoms with van der Waals surface area (Å²) in [6, 6.07) is 0. The first kappa shape index (κ1) is 14.0. The number of hydrogen-bond donors (Lipinski definition) is 1. The fourth-order valence-electron chi connectivity index (χ4n) is 2.23. The predicted molar refractivity (Wildman–Crippen MR) is 56.4 cm³/mol. The second kappa shape index (κ2) is 4.62. The molecule has 9 heteroatoms. The summed E-state index contributed by atoms with van der Waals surface area (Å²) in [4.78, 5) is 58.0. The zero-order chi connectivity index (χ0) is 15.1. The van der Waals surface area contributed by atoms with Crippen LogP contribution in [-0.2, 0) is 24.0 Å². The number of imide groups is 2. The van der Waals surface area contributed by atoms with E-state index in [2.05, 4.69) is 0 Å². The maximum atomic E-state index is 11.9. The summed E-state index contributed by atoms with van der Waals surface area (Å²) >= 11 is 0. The van der Waals surface area contributed by atoms with Gasteiger partial charge in [0.2, 0.25) is 0 Å². The van der Waals surface area contributed by atoms with Crippen molar-refractivity contribution in [3.8, 4) is 0 Å². The molecule has 2 rings (SSSR count). The van der Waals surface area contributed by atoms with Crippen LogP contribution in [-0.4, -0.2) is 57.0 Å². The van der Waals surface area contributed by atoms with Gasteiger partial charge in [-0.25, -0.2) is 9.59 Å². The van der Waals surface area contributed by atoms with Crippen molar-refractivity contribution in [1.29, 1.82) is 0 Å². The molecule has 106 valence electrons. The van der Waals surface area contributed by atoms with Crippen LogP contribution in [0.25, 0.3) is 0 Å². The van der Waals surface area contributed by atoms with Gasteiger partial charge >= 0.3 is 17.7 Å². The third-order valence-electron chi connectivity index (χ3n) is 3.18. The van der Waals surface area contributed by atoms with E-state index in [4.69, 9.17) is 0 Å². The molecule has 20 heavy (non-hydrogen) atoms. The number of aliphatic hydroxyl groups is 1. The van der Waals surface area contributed by atoms with Crippen LogP contribution in [0.15, 0.2) is 12.2 Å². The number of carbonyl (C=O) groups is 5. The Morgan fingerprint density at radius 1 is 1.30 bits per heavy atom. The van der Waals surface area contributed by atoms with Gasteiger partial charge in [0.1, 0.15) is 12.6 Å². The molecule has 1 unspecified atom stereocenters. The Labute approximate surface area is 112 Å². The molecule has 2 aliphatic rings. The number of carboxylic acid groups (broad SMARTS) is 1. The maximum absolute atomic E-state index is 11.9. The summed E-state index contributed by atoms with van der Waals surface area (Å²) in [5, 5.41) is 20.3. The summed E-state index contributed by atoms with van der Waals surface area (Å²) in [6.45, 7) is -0.628. The molecule has 9 nitrogen and oxygen atoms in total. The van der Waals surface area contributed by atoms with Crippen molar-refractivity contribution in [2.75, 3.05) is 6.54 Å². The van der Waals surface area contributed by atoms with Crippen LogP contribution >= 0.6 is 0 Å². The third kappa shape index (κ3) is 1.84. The molecule has 1 N–H and O–H groups in total. The zero-order valence-corrected chi connectivity index (χ0v) is 10.1. The van der Waals surface area contributed by atoms with E-state index in [1.165, 1.54) is 0 Å². The number of nitrogens with zero attached hydrogens (tertiary/aromatic N) is 2. The van der Waals surface area contributed by atoms with Crippen LogP contribution in [0.2, 0.25) is 0 Å². The molecule has 0 aromatic rings. The number of rotatable bonds is 4. The van der Waals surface area contributed by atoms with Gasteiger partial charge in [-0.05, 0) is 0 Å². The Bertz CT molecular complexity index is 547. The van der Waals surface area contributed by atoms with E-state index in [9.17, 15) is 34.2 Å². The Morgan fingerprint density at radius 2 is 1.85 bits per heavy atom. The third-order valence-corrected chi connectivity index (χ3v) is 3.18. The lowest BCUT2D eigenvalue weighted by Crippen LogP contribution is -2.67. The molecule has 1 saturated heterocycles. The van der Waals surface area contributed by atoms with Crippen molar-refractivity contribution in [3.05, 3.63) is 12.2 Å². The van der Waals surface area contributed by atoms with Crippen LogP contribution in [0.1, 0.15) is 12.8 Å². The quantitative estimate of drug-likeness (QED) is 0.420. The number of quaternary nitrogens is 1. The highest BCUT2D eigenvalue weighted by atomic mass is 16.4. The maximum Gasteiger partial charge on any atom is 0.371 e. The van der Waals surface area contributed by atoms with Crippen LogP contribution in [0.5, 0.6) is 0 Å². The minimum Gasteiger partial charge on any atom is -0.550 e. The SMILES string of the molecule is O=C([O-])CC[N+]1(N2C(=O)CC(O)C2=O)C(=O)C=CC1=O. The number of amides is 4. The molecule has 0 aromatic heterocycles. The monoisotopic (exact) mass is 282 g/mol. The molecule has 2 aliphatic heterocycles. The second-order valence-electron chi connectivity index (χ2n) is 4.39. The van der Waals surface area contributed by atoms with Gasteiger partial charge in [0.15, 0.2) is 0 Å². The highest BCUT2D eigenvalue weighted by Crippen LogP contribution is 2.28. The summed E-state index contributed by atoms with van der Waals surface area (Å²) in [5.74, 6) is -5.36. The smallest absolute Gasteiger partial charge is 0.371 e. The Balaban J connectivity index is 2.45. The lowest BCUT2D eigenvalue weighted by Gasteiger charge is -2.33. The summed E-state index contributed by atoms with van der Waals surface area (Å²) < 4.78 is -1.39. The van der Waals surface area contributed by atoms with E-state index in [-0.39, 0.29) is 0 Å². The lowest BCUT2D eigenvalue weighted by atomic mass is 10.3. The average molecular weight is 282 g/mol. The predicted octanol–water partition coefficient (Wildman–Crippen LogP) is -3.40. The van der Waals surface area contributed by atoms with Gasteiger partial charge in [0.25, 0.3) is 5.91 Å². The summed E-state index contributed by atoms with van der Waals surface area (Å²) in [5.41, 5.74) is 0. The van der Waals surface area contributed by atoms with Gasteiger partial charge < -0.3 is 15.0 Å². The molecule has 0 spiro atoms. The van der Waals surface area contributed by atoms with Crippen LogP contribution in [0.3, 0.4) is 0 Å². The number of aliphatic carboxylic acids is 1. The van der Waals surface area contributed by atoms with Crippen LogP contribution in [0.4, 0.5) is 0 Å². The molecule has 1 atom stereocenters. The Morgan fingerprint density at radius 3 is 2.25 bits per heavy atom. The van der Waals surface area contributed by atoms with E-state index in [1.54, 1.807) is 0 Å². The van der Waals surface area contributed by atoms with E-state index in [0.717, 1.165) is 12.2 Å². The first-order chi connectivity index (χ1) is 9.30. The van der Waals surface area contributed by atoms with Crippen molar-refractivity contribution in [2.45, 2.75) is 18.9 Å². The van der Waals surface area contributed by atoms with E-state index in [1.807, 2.05) is 0 Å². The number of carbonyl (C=O) groups excluding carboxylic acids is 5. The molecule has 0 aliphatic carbocycles. The molecule has 2 heterocycles. The van der Waals surface area contributed by atoms with Gasteiger partial charge in [-0.1, -0.05) is 4.59 Å². The lowest BCUT2D eigenvalue weighted by molar-refractivity contribution is -0.866. The standard InChI is InChI=1S/C11H10N2O7/c14-6-5-7(15)12(11(6)20)13(4-3-10(18)19)8(16)1-2-9(13)17/h1-2,6,14H,3-5H2. The molecule has 0 radical (unpaired) electrons. The molecular formula is C11H10N2O7. The second-order valence-corrected chi connectivity index (χ2v) is 4.39. The van der Waals surface area contributed by atoms with E-state index in [0.29, 0.717) is 5.01 Å². The number of carboxylic acids is 1. The van der Waals surface area contributed by atoms with Crippen molar-refractivity contribution in [2.24, 2.45) is 0 Å². The van der Waals surface area contributed by atoms with Gasteiger partial charge in [-0.2, -0.15) is 0 Å². The van der Waals surface area contributed by atoms with Crippen molar-refractivity contribution < 1.29 is 38.8 Å². The average Bonchev–Trinajstić information content (AvgIpc) is 2.78. The molecule has 0 aromatic carbocycles. The van der Waals surface area contributed by atoms with Crippen molar-refractivity contribution in [3.63, 3.8) is 0 Å². The molecule has 0 saturated carbocycles. The van der Waals surface area contributed by atoms with Gasteiger partial charge in [-0.3, -0.25) is 9.59 Å². The summed E-state index contributed by atoms with van der Waals surface area (Å²) in [6.07, 6.45) is -1.16. The molecule has 0 bridgehead atoms. The summed E-state index contributed by atoms with van der Waals surface area (Å²) in [7, 11) is 0. The van der Waals surface area contributed by atoms with Crippen LogP contribution in [0, 0.1) is 0 Å². The van der Waals surface area contributed by atoms with Crippen LogP contribution < -0.4 is 5.11 Å². The number of aliphatic hydroxyl groups excluding tert-OH is 1. The van der Waals surface area contributed by atoms with Crippen molar-refractivity contribution >= 4 is 29.6 Å². The molecule has 1 fully saturated rings.